The molecule has 1 aliphatic heterocycles. The van der Waals surface area contributed by atoms with E-state index < -0.39 is 0 Å². The summed E-state index contributed by atoms with van der Waals surface area (Å²) in [5, 5.41) is 0.591. The highest BCUT2D eigenvalue weighted by Gasteiger charge is 2.21. The van der Waals surface area contributed by atoms with E-state index in [0.29, 0.717) is 17.5 Å². The second-order valence-electron chi connectivity index (χ2n) is 8.70. The van der Waals surface area contributed by atoms with Crippen LogP contribution in [-0.2, 0) is 17.9 Å². The molecule has 0 saturated carbocycles. The number of aromatic nitrogens is 5. The van der Waals surface area contributed by atoms with Gasteiger partial charge in [-0.3, -0.25) is 14.7 Å². The largest absolute Gasteiger partial charge is 0.341 e. The number of rotatable bonds is 8. The Morgan fingerprint density at radius 3 is 2.56 bits per heavy atom. The highest BCUT2D eigenvalue weighted by atomic mass is 32.2. The van der Waals surface area contributed by atoms with Crippen molar-refractivity contribution in [1.82, 2.24) is 34.3 Å². The maximum Gasteiger partial charge on any atom is 0.233 e. The molecule has 1 saturated heterocycles. The number of benzene rings is 1. The average molecular weight is 500 g/mol. The van der Waals surface area contributed by atoms with Crippen LogP contribution in [0.3, 0.4) is 0 Å². The Morgan fingerprint density at radius 2 is 1.69 bits per heavy atom. The van der Waals surface area contributed by atoms with Gasteiger partial charge in [0.15, 0.2) is 5.16 Å². The summed E-state index contributed by atoms with van der Waals surface area (Å²) in [6.45, 7) is 4.86. The van der Waals surface area contributed by atoms with Gasteiger partial charge in [0.1, 0.15) is 5.82 Å². The molecule has 1 fully saturated rings. The highest BCUT2D eigenvalue weighted by Crippen LogP contribution is 2.19. The summed E-state index contributed by atoms with van der Waals surface area (Å²) in [6.07, 6.45) is 8.32. The summed E-state index contributed by atoms with van der Waals surface area (Å²) in [6, 6.07) is 18.0. The molecule has 36 heavy (non-hydrogen) atoms. The first-order chi connectivity index (χ1) is 17.7. The van der Waals surface area contributed by atoms with Crippen LogP contribution in [0.4, 0.5) is 0 Å². The molecule has 9 heteroatoms. The van der Waals surface area contributed by atoms with Gasteiger partial charge in [-0.05, 0) is 30.2 Å². The quantitative estimate of drug-likeness (QED) is 0.271. The lowest BCUT2D eigenvalue weighted by atomic mass is 10.2. The zero-order valence-corrected chi connectivity index (χ0v) is 20.9. The van der Waals surface area contributed by atoms with Crippen LogP contribution < -0.4 is 0 Å². The van der Waals surface area contributed by atoms with Crippen LogP contribution >= 0.6 is 11.8 Å². The predicted molar refractivity (Wildman–Crippen MR) is 140 cm³/mol. The lowest BCUT2D eigenvalue weighted by molar-refractivity contribution is -0.128. The summed E-state index contributed by atoms with van der Waals surface area (Å²) >= 11 is 1.38. The molecule has 1 aliphatic rings. The predicted octanol–water partition coefficient (Wildman–Crippen LogP) is 3.61. The zero-order chi connectivity index (χ0) is 24.6. The molecule has 0 N–H and O–H groups in total. The van der Waals surface area contributed by atoms with Crippen molar-refractivity contribution in [3.05, 3.63) is 90.8 Å². The molecule has 184 valence electrons. The van der Waals surface area contributed by atoms with Crippen molar-refractivity contribution in [3.63, 3.8) is 0 Å². The van der Waals surface area contributed by atoms with Gasteiger partial charge in [-0.2, -0.15) is 0 Å². The second-order valence-corrected chi connectivity index (χ2v) is 9.64. The molecule has 0 unspecified atom stereocenters. The Kier molecular flexibility index (Phi) is 7.99. The molecular weight excluding hydrogens is 470 g/mol. The number of thioether (sulfide) groups is 1. The van der Waals surface area contributed by atoms with Crippen LogP contribution in [0.25, 0.3) is 11.4 Å². The molecule has 1 amide bonds. The van der Waals surface area contributed by atoms with Gasteiger partial charge in [0.25, 0.3) is 0 Å². The normalized spacial score (nSPS) is 14.5. The van der Waals surface area contributed by atoms with Crippen LogP contribution in [0.2, 0.25) is 0 Å². The fourth-order valence-corrected chi connectivity index (χ4v) is 5.01. The molecule has 1 aromatic carbocycles. The fourth-order valence-electron chi connectivity index (χ4n) is 4.28. The fraction of sp³-hybridized carbons (Fsp3) is 0.296. The molecule has 5 rings (SSSR count). The van der Waals surface area contributed by atoms with E-state index >= 15 is 0 Å². The maximum atomic E-state index is 13.0. The van der Waals surface area contributed by atoms with Crippen LogP contribution in [0, 0.1) is 0 Å². The molecule has 0 radical (unpaired) electrons. The van der Waals surface area contributed by atoms with E-state index in [0.717, 1.165) is 56.4 Å². The van der Waals surface area contributed by atoms with Crippen LogP contribution in [-0.4, -0.2) is 72.1 Å². The van der Waals surface area contributed by atoms with Gasteiger partial charge in [0.05, 0.1) is 23.7 Å². The second kappa shape index (κ2) is 11.9. The Labute approximate surface area is 215 Å². The van der Waals surface area contributed by atoms with E-state index in [1.54, 1.807) is 12.4 Å². The lowest BCUT2D eigenvalue weighted by Crippen LogP contribution is -2.36. The minimum absolute atomic E-state index is 0.124. The minimum atomic E-state index is 0.124. The molecule has 0 aliphatic carbocycles. The van der Waals surface area contributed by atoms with Gasteiger partial charge < -0.3 is 9.47 Å². The molecule has 4 aromatic rings. The first kappa shape index (κ1) is 24.1. The van der Waals surface area contributed by atoms with Crippen molar-refractivity contribution in [3.8, 4) is 11.4 Å². The van der Waals surface area contributed by atoms with Gasteiger partial charge in [0.2, 0.25) is 5.91 Å². The molecule has 0 spiro atoms. The molecular formula is C27H29N7OS. The number of hydrogen-bond donors (Lipinski definition) is 0. The van der Waals surface area contributed by atoms with Crippen molar-refractivity contribution < 1.29 is 4.79 Å². The van der Waals surface area contributed by atoms with Crippen molar-refractivity contribution >= 4 is 17.7 Å². The van der Waals surface area contributed by atoms with Crippen molar-refractivity contribution in [2.45, 2.75) is 24.7 Å². The number of carbonyl (C=O) groups excluding carboxylic acids is 1. The van der Waals surface area contributed by atoms with E-state index in [2.05, 4.69) is 53.7 Å². The summed E-state index contributed by atoms with van der Waals surface area (Å²) in [7, 11) is 0. The third-order valence-corrected chi connectivity index (χ3v) is 7.04. The average Bonchev–Trinajstić information content (AvgIpc) is 3.21. The van der Waals surface area contributed by atoms with Crippen molar-refractivity contribution in [1.29, 1.82) is 0 Å². The molecule has 8 nitrogen and oxygen atoms in total. The smallest absolute Gasteiger partial charge is 0.233 e. The number of imidazole rings is 1. The lowest BCUT2D eigenvalue weighted by Gasteiger charge is -2.22. The molecule has 0 atom stereocenters. The molecule has 0 bridgehead atoms. The first-order valence-corrected chi connectivity index (χ1v) is 13.1. The van der Waals surface area contributed by atoms with E-state index in [4.69, 9.17) is 0 Å². The van der Waals surface area contributed by atoms with Gasteiger partial charge >= 0.3 is 0 Å². The molecule has 4 heterocycles. The number of nitrogens with zero attached hydrogens (tertiary/aromatic N) is 7. The zero-order valence-electron chi connectivity index (χ0n) is 20.1. The van der Waals surface area contributed by atoms with Crippen molar-refractivity contribution in [2.24, 2.45) is 0 Å². The van der Waals surface area contributed by atoms with Crippen LogP contribution in [0.15, 0.2) is 84.5 Å². The van der Waals surface area contributed by atoms with E-state index in [1.807, 2.05) is 47.6 Å². The van der Waals surface area contributed by atoms with E-state index in [9.17, 15) is 4.79 Å². The number of carbonyl (C=O) groups is 1. The Hall–Kier alpha value is -3.56. The number of amides is 1. The van der Waals surface area contributed by atoms with Crippen LogP contribution in [0.1, 0.15) is 17.8 Å². The third-order valence-electron chi connectivity index (χ3n) is 6.19. The third kappa shape index (κ3) is 6.35. The topological polar surface area (TPSA) is 80.0 Å². The van der Waals surface area contributed by atoms with Crippen LogP contribution in [0.5, 0.6) is 0 Å². The Balaban J connectivity index is 1.13. The first-order valence-electron chi connectivity index (χ1n) is 12.2. The van der Waals surface area contributed by atoms with E-state index in [1.165, 1.54) is 17.3 Å². The Bertz CT molecular complexity index is 1270. The summed E-state index contributed by atoms with van der Waals surface area (Å²) in [5.74, 6) is 1.51. The van der Waals surface area contributed by atoms with Gasteiger partial charge in [0, 0.05) is 57.5 Å². The summed E-state index contributed by atoms with van der Waals surface area (Å²) in [4.78, 5) is 35.2. The summed E-state index contributed by atoms with van der Waals surface area (Å²) < 4.78 is 2.21. The minimum Gasteiger partial charge on any atom is -0.341 e. The monoisotopic (exact) mass is 499 g/mol. The molecule has 3 aromatic heterocycles. The van der Waals surface area contributed by atoms with E-state index in [-0.39, 0.29) is 5.91 Å². The highest BCUT2D eigenvalue weighted by molar-refractivity contribution is 7.99. The van der Waals surface area contributed by atoms with Gasteiger partial charge in [-0.25, -0.2) is 15.0 Å². The Morgan fingerprint density at radius 1 is 0.806 bits per heavy atom. The SMILES string of the molecule is O=C(CSc1nccc(-c2ccccn2)n1)N1CCCN(Cc2nccn2Cc2ccccc2)CC1. The number of pyridine rings is 1. The summed E-state index contributed by atoms with van der Waals surface area (Å²) in [5.41, 5.74) is 2.82. The van der Waals surface area contributed by atoms with Crippen molar-refractivity contribution in [2.75, 3.05) is 31.9 Å². The standard InChI is InChI=1S/C27H29N7OS/c35-26(21-36-27-30-12-10-24(31-27)23-9-4-5-11-28-23)33-15-6-14-32(17-18-33)20-25-29-13-16-34(25)19-22-7-2-1-3-8-22/h1-5,7-13,16H,6,14-15,17-21H2. The number of hydrogen-bond acceptors (Lipinski definition) is 7. The maximum absolute atomic E-state index is 13.0. The van der Waals surface area contributed by atoms with Gasteiger partial charge in [-0.15, -0.1) is 0 Å². The van der Waals surface area contributed by atoms with Gasteiger partial charge in [-0.1, -0.05) is 48.2 Å².